The number of aromatic nitrogens is 2. The molecule has 0 unspecified atom stereocenters. The second-order valence-corrected chi connectivity index (χ2v) is 6.17. The summed E-state index contributed by atoms with van der Waals surface area (Å²) < 4.78 is 2.17. The molecule has 0 bridgehead atoms. The molecule has 2 N–H and O–H groups in total. The average Bonchev–Trinajstić information content (AvgIpc) is 3.06. The zero-order valence-electron chi connectivity index (χ0n) is 15.2. The minimum absolute atomic E-state index is 0.0537. The number of carbonyl (C=O) groups is 1. The Bertz CT molecular complexity index is 871. The molecule has 134 valence electrons. The first-order chi connectivity index (χ1) is 12.7. The molecular formula is C21H24N4O. The van der Waals surface area contributed by atoms with E-state index >= 15 is 0 Å². The van der Waals surface area contributed by atoms with E-state index in [0.29, 0.717) is 5.56 Å². The number of para-hydroxylation sites is 1. The lowest BCUT2D eigenvalue weighted by Crippen LogP contribution is -2.20. The van der Waals surface area contributed by atoms with Gasteiger partial charge in [-0.3, -0.25) is 9.36 Å². The Kier molecular flexibility index (Phi) is 5.81. The number of aryl methyl sites for hydroxylation is 1. The molecule has 0 fully saturated rings. The number of hydrogen-bond donors (Lipinski definition) is 2. The molecule has 2 aromatic carbocycles. The van der Waals surface area contributed by atoms with Gasteiger partial charge in [0.1, 0.15) is 5.82 Å². The van der Waals surface area contributed by atoms with Crippen LogP contribution in [-0.4, -0.2) is 29.1 Å². The van der Waals surface area contributed by atoms with E-state index in [4.69, 9.17) is 0 Å². The summed E-state index contributed by atoms with van der Waals surface area (Å²) in [5, 5.41) is 6.13. The number of benzene rings is 2. The summed E-state index contributed by atoms with van der Waals surface area (Å²) in [7, 11) is 1.65. The van der Waals surface area contributed by atoms with Crippen LogP contribution in [0.5, 0.6) is 0 Å². The lowest BCUT2D eigenvalue weighted by molar-refractivity contribution is 0.0963. The van der Waals surface area contributed by atoms with Crippen LogP contribution in [0.2, 0.25) is 0 Å². The van der Waals surface area contributed by atoms with Crippen LogP contribution in [0.1, 0.15) is 27.4 Å². The van der Waals surface area contributed by atoms with Gasteiger partial charge in [0.25, 0.3) is 5.91 Å². The van der Waals surface area contributed by atoms with Crippen molar-refractivity contribution in [2.45, 2.75) is 19.9 Å². The number of nitrogens with one attached hydrogen (secondary N) is 2. The molecule has 5 heteroatoms. The first-order valence-corrected chi connectivity index (χ1v) is 8.79. The van der Waals surface area contributed by atoms with Gasteiger partial charge in [-0.2, -0.15) is 0 Å². The summed E-state index contributed by atoms with van der Waals surface area (Å²) in [6, 6.07) is 18.0. The highest BCUT2D eigenvalue weighted by Crippen LogP contribution is 2.14. The molecule has 3 rings (SSSR count). The average molecular weight is 348 g/mol. The van der Waals surface area contributed by atoms with Crippen LogP contribution >= 0.6 is 0 Å². The summed E-state index contributed by atoms with van der Waals surface area (Å²) in [4.78, 5) is 16.2. The number of nitrogens with zero attached hydrogens (tertiary/aromatic N) is 2. The molecule has 0 saturated heterocycles. The van der Waals surface area contributed by atoms with Crippen molar-refractivity contribution in [1.82, 2.24) is 20.2 Å². The Labute approximate surface area is 154 Å². The van der Waals surface area contributed by atoms with Crippen molar-refractivity contribution in [3.05, 3.63) is 83.4 Å². The maximum absolute atomic E-state index is 11.7. The van der Waals surface area contributed by atoms with Gasteiger partial charge >= 0.3 is 0 Å². The van der Waals surface area contributed by atoms with Crippen molar-refractivity contribution in [3.8, 4) is 5.69 Å². The molecule has 1 amide bonds. The molecule has 1 heterocycles. The lowest BCUT2D eigenvalue weighted by Gasteiger charge is -2.11. The highest BCUT2D eigenvalue weighted by molar-refractivity contribution is 5.94. The van der Waals surface area contributed by atoms with Crippen LogP contribution in [0, 0.1) is 6.92 Å². The fraction of sp³-hybridized carbons (Fsp3) is 0.238. The molecule has 0 aliphatic rings. The molecule has 0 saturated carbocycles. The van der Waals surface area contributed by atoms with Gasteiger partial charge in [0.15, 0.2) is 0 Å². The van der Waals surface area contributed by atoms with Gasteiger partial charge in [-0.05, 0) is 49.7 Å². The molecule has 0 aliphatic carbocycles. The van der Waals surface area contributed by atoms with Crippen molar-refractivity contribution in [1.29, 1.82) is 0 Å². The molecule has 26 heavy (non-hydrogen) atoms. The smallest absolute Gasteiger partial charge is 0.251 e. The molecule has 0 aliphatic heterocycles. The standard InChI is InChI=1S/C21H24N4O/c1-16-24-15-20(25(16)19-9-4-3-5-10-19)14-23-12-11-17-7-6-8-18(13-17)21(26)22-2/h3-10,13,15,23H,11-12,14H2,1-2H3,(H,22,26). The summed E-state index contributed by atoms with van der Waals surface area (Å²) in [5.41, 5.74) is 4.10. The molecular weight excluding hydrogens is 324 g/mol. The molecule has 5 nitrogen and oxygen atoms in total. The number of hydrogen-bond acceptors (Lipinski definition) is 3. The molecule has 0 spiro atoms. The van der Waals surface area contributed by atoms with Crippen LogP contribution in [0.25, 0.3) is 5.69 Å². The second kappa shape index (κ2) is 8.45. The Balaban J connectivity index is 1.59. The van der Waals surface area contributed by atoms with Crippen LogP contribution in [0.4, 0.5) is 0 Å². The maximum atomic E-state index is 11.7. The van der Waals surface area contributed by atoms with Gasteiger partial charge in [0, 0.05) is 24.8 Å². The van der Waals surface area contributed by atoms with Gasteiger partial charge in [0.05, 0.1) is 11.9 Å². The number of carbonyl (C=O) groups excluding carboxylic acids is 1. The first kappa shape index (κ1) is 17.9. The Morgan fingerprint density at radius 1 is 1.12 bits per heavy atom. The quantitative estimate of drug-likeness (QED) is 0.646. The third-order valence-corrected chi connectivity index (χ3v) is 4.34. The van der Waals surface area contributed by atoms with Gasteiger partial charge in [0.2, 0.25) is 0 Å². The highest BCUT2D eigenvalue weighted by Gasteiger charge is 2.08. The summed E-state index contributed by atoms with van der Waals surface area (Å²) in [5.74, 6) is 0.924. The third kappa shape index (κ3) is 4.18. The monoisotopic (exact) mass is 348 g/mol. The van der Waals surface area contributed by atoms with E-state index in [1.54, 1.807) is 7.05 Å². The molecule has 0 atom stereocenters. The van der Waals surface area contributed by atoms with Gasteiger partial charge in [-0.15, -0.1) is 0 Å². The van der Waals surface area contributed by atoms with Crippen LogP contribution in [-0.2, 0) is 13.0 Å². The fourth-order valence-electron chi connectivity index (χ4n) is 3.01. The topological polar surface area (TPSA) is 59.0 Å². The number of imidazole rings is 1. The SMILES string of the molecule is CNC(=O)c1cccc(CCNCc2cnc(C)n2-c2ccccc2)c1. The van der Waals surface area contributed by atoms with Crippen LogP contribution in [0.3, 0.4) is 0 Å². The summed E-state index contributed by atoms with van der Waals surface area (Å²) in [6.45, 7) is 3.59. The summed E-state index contributed by atoms with van der Waals surface area (Å²) in [6.07, 6.45) is 2.78. The minimum atomic E-state index is -0.0537. The van der Waals surface area contributed by atoms with Crippen molar-refractivity contribution in [2.24, 2.45) is 0 Å². The van der Waals surface area contributed by atoms with Crippen molar-refractivity contribution in [2.75, 3.05) is 13.6 Å². The van der Waals surface area contributed by atoms with Gasteiger partial charge < -0.3 is 10.6 Å². The Morgan fingerprint density at radius 2 is 1.92 bits per heavy atom. The first-order valence-electron chi connectivity index (χ1n) is 8.79. The zero-order valence-corrected chi connectivity index (χ0v) is 15.2. The largest absolute Gasteiger partial charge is 0.355 e. The van der Waals surface area contributed by atoms with Gasteiger partial charge in [-0.25, -0.2) is 4.98 Å². The van der Waals surface area contributed by atoms with Crippen molar-refractivity contribution < 1.29 is 4.79 Å². The summed E-state index contributed by atoms with van der Waals surface area (Å²) >= 11 is 0. The predicted molar refractivity (Wildman–Crippen MR) is 104 cm³/mol. The Morgan fingerprint density at radius 3 is 2.69 bits per heavy atom. The molecule has 0 radical (unpaired) electrons. The number of amides is 1. The highest BCUT2D eigenvalue weighted by atomic mass is 16.1. The van der Waals surface area contributed by atoms with Crippen LogP contribution < -0.4 is 10.6 Å². The van der Waals surface area contributed by atoms with Crippen LogP contribution in [0.15, 0.2) is 60.8 Å². The van der Waals surface area contributed by atoms with E-state index in [9.17, 15) is 4.79 Å². The third-order valence-electron chi connectivity index (χ3n) is 4.34. The Hall–Kier alpha value is -2.92. The van der Waals surface area contributed by atoms with E-state index in [1.165, 1.54) is 0 Å². The van der Waals surface area contributed by atoms with E-state index in [2.05, 4.69) is 32.3 Å². The van der Waals surface area contributed by atoms with Crippen molar-refractivity contribution in [3.63, 3.8) is 0 Å². The number of rotatable bonds is 7. The predicted octanol–water partition coefficient (Wildman–Crippen LogP) is 2.87. The zero-order chi connectivity index (χ0) is 18.4. The van der Waals surface area contributed by atoms with E-state index in [1.807, 2.05) is 55.6 Å². The molecule has 3 aromatic rings. The van der Waals surface area contributed by atoms with E-state index < -0.39 is 0 Å². The van der Waals surface area contributed by atoms with Crippen molar-refractivity contribution >= 4 is 5.91 Å². The maximum Gasteiger partial charge on any atom is 0.251 e. The normalized spacial score (nSPS) is 10.7. The van der Waals surface area contributed by atoms with E-state index in [0.717, 1.165) is 42.3 Å². The fourth-order valence-corrected chi connectivity index (χ4v) is 3.01. The molecule has 1 aromatic heterocycles. The lowest BCUT2D eigenvalue weighted by atomic mass is 10.1. The second-order valence-electron chi connectivity index (χ2n) is 6.17. The minimum Gasteiger partial charge on any atom is -0.355 e. The van der Waals surface area contributed by atoms with Gasteiger partial charge in [-0.1, -0.05) is 30.3 Å². The van der Waals surface area contributed by atoms with E-state index in [-0.39, 0.29) is 5.91 Å².